The van der Waals surface area contributed by atoms with Gasteiger partial charge in [0.15, 0.2) is 0 Å². The third kappa shape index (κ3) is 3.60. The second-order valence-corrected chi connectivity index (χ2v) is 11.2. The summed E-state index contributed by atoms with van der Waals surface area (Å²) in [6.07, 6.45) is 7.86. The van der Waals surface area contributed by atoms with Gasteiger partial charge in [-0.05, 0) is 68.4 Å². The second kappa shape index (κ2) is 8.29. The van der Waals surface area contributed by atoms with Gasteiger partial charge >= 0.3 is 5.97 Å². The minimum absolute atomic E-state index is 0.00574. The van der Waals surface area contributed by atoms with E-state index in [4.69, 9.17) is 9.47 Å². The number of nitro groups is 1. The predicted molar refractivity (Wildman–Crippen MR) is 125 cm³/mol. The molecule has 0 radical (unpaired) electrons. The number of fused-ring (bicyclic) bond motifs is 5. The van der Waals surface area contributed by atoms with Crippen molar-refractivity contribution >= 4 is 17.4 Å². The average molecular weight is 468 g/mol. The van der Waals surface area contributed by atoms with E-state index >= 15 is 0 Å². The van der Waals surface area contributed by atoms with Crippen molar-refractivity contribution < 1.29 is 24.0 Å². The molecule has 0 spiro atoms. The molecule has 3 fully saturated rings. The molecule has 1 aliphatic heterocycles. The van der Waals surface area contributed by atoms with Crippen LogP contribution in [0.5, 0.6) is 0 Å². The Morgan fingerprint density at radius 1 is 1.15 bits per heavy atom. The molecular formula is C27H33NO6. The zero-order valence-corrected chi connectivity index (χ0v) is 20.1. The van der Waals surface area contributed by atoms with Crippen LogP contribution in [0.15, 0.2) is 35.9 Å². The molecule has 1 saturated heterocycles. The molecule has 7 atom stereocenters. The highest BCUT2D eigenvalue weighted by molar-refractivity contribution is 5.89. The van der Waals surface area contributed by atoms with Crippen LogP contribution in [0.3, 0.4) is 0 Å². The summed E-state index contributed by atoms with van der Waals surface area (Å²) in [6.45, 7) is 6.87. The summed E-state index contributed by atoms with van der Waals surface area (Å²) in [5, 5.41) is 10.8. The average Bonchev–Trinajstić information content (AvgIpc) is 3.17. The zero-order valence-electron chi connectivity index (χ0n) is 20.1. The highest BCUT2D eigenvalue weighted by Gasteiger charge is 2.60. The van der Waals surface area contributed by atoms with Gasteiger partial charge in [-0.1, -0.05) is 25.5 Å². The van der Waals surface area contributed by atoms with Crippen molar-refractivity contribution in [1.82, 2.24) is 0 Å². The zero-order chi connectivity index (χ0) is 24.3. The fourth-order valence-electron chi connectivity index (χ4n) is 7.52. The van der Waals surface area contributed by atoms with Crippen molar-refractivity contribution in [3.05, 3.63) is 51.6 Å². The molecule has 4 aliphatic rings. The lowest BCUT2D eigenvalue weighted by Crippen LogP contribution is -2.53. The quantitative estimate of drug-likeness (QED) is 0.259. The maximum atomic E-state index is 12.7. The Balaban J connectivity index is 1.29. The Bertz CT molecular complexity index is 1050. The van der Waals surface area contributed by atoms with Gasteiger partial charge in [-0.15, -0.1) is 0 Å². The smallest absolute Gasteiger partial charge is 0.338 e. The van der Waals surface area contributed by atoms with Crippen molar-refractivity contribution in [3.63, 3.8) is 0 Å². The van der Waals surface area contributed by atoms with Crippen LogP contribution in [0, 0.1) is 38.7 Å². The van der Waals surface area contributed by atoms with E-state index in [1.807, 2.05) is 0 Å². The standard InChI is InChI=1S/C27H33NO6/c1-16(29)23-15-33-24-21-9-6-18-14-20(10-12-26(18,2)22(21)11-13-27(23,24)3)34-25(30)17-4-7-19(8-5-17)28(31)32/h4-8,20-24H,9-15H2,1-3H3. The Kier molecular flexibility index (Phi) is 5.66. The van der Waals surface area contributed by atoms with Crippen LogP contribution >= 0.6 is 0 Å². The first kappa shape index (κ1) is 23.2. The number of esters is 1. The molecule has 7 nitrogen and oxygen atoms in total. The van der Waals surface area contributed by atoms with Crippen molar-refractivity contribution in [3.8, 4) is 0 Å². The van der Waals surface area contributed by atoms with E-state index in [-0.39, 0.29) is 40.4 Å². The number of nitrogens with zero attached hydrogens (tertiary/aromatic N) is 1. The third-order valence-corrected chi connectivity index (χ3v) is 9.49. The van der Waals surface area contributed by atoms with Crippen LogP contribution in [0.2, 0.25) is 0 Å². The number of hydrogen-bond donors (Lipinski definition) is 0. The number of benzene rings is 1. The van der Waals surface area contributed by atoms with Gasteiger partial charge in [-0.2, -0.15) is 0 Å². The Morgan fingerprint density at radius 3 is 2.56 bits per heavy atom. The lowest BCUT2D eigenvalue weighted by Gasteiger charge is -2.57. The third-order valence-electron chi connectivity index (χ3n) is 9.49. The van der Waals surface area contributed by atoms with Gasteiger partial charge in [0.05, 0.1) is 23.2 Å². The number of carbonyl (C=O) groups excluding carboxylic acids is 2. The fraction of sp³-hybridized carbons (Fsp3) is 0.630. The van der Waals surface area contributed by atoms with Crippen molar-refractivity contribution in [2.24, 2.45) is 28.6 Å². The molecular weight excluding hydrogens is 434 g/mol. The van der Waals surface area contributed by atoms with Crippen molar-refractivity contribution in [2.45, 2.75) is 71.5 Å². The van der Waals surface area contributed by atoms with E-state index < -0.39 is 10.9 Å². The molecule has 0 N–H and O–H groups in total. The van der Waals surface area contributed by atoms with Gasteiger partial charge in [0, 0.05) is 29.9 Å². The minimum Gasteiger partial charge on any atom is -0.458 e. The lowest BCUT2D eigenvalue weighted by atomic mass is 9.48. The van der Waals surface area contributed by atoms with Crippen LogP contribution in [0.4, 0.5) is 5.69 Å². The Hall–Kier alpha value is -2.54. The molecule has 34 heavy (non-hydrogen) atoms. The maximum absolute atomic E-state index is 12.7. The van der Waals surface area contributed by atoms with E-state index in [1.54, 1.807) is 6.92 Å². The summed E-state index contributed by atoms with van der Waals surface area (Å²) >= 11 is 0. The van der Waals surface area contributed by atoms with Gasteiger partial charge in [0.1, 0.15) is 11.9 Å². The van der Waals surface area contributed by atoms with Crippen molar-refractivity contribution in [2.75, 3.05) is 6.61 Å². The number of rotatable bonds is 4. The van der Waals surface area contributed by atoms with Gasteiger partial charge in [0.2, 0.25) is 0 Å². The molecule has 3 aliphatic carbocycles. The summed E-state index contributed by atoms with van der Waals surface area (Å²) < 4.78 is 12.1. The van der Waals surface area contributed by atoms with Crippen LogP contribution < -0.4 is 0 Å². The summed E-state index contributed by atoms with van der Waals surface area (Å²) in [7, 11) is 0. The maximum Gasteiger partial charge on any atom is 0.338 e. The first-order valence-corrected chi connectivity index (χ1v) is 12.4. The molecule has 5 rings (SSSR count). The molecule has 1 aromatic rings. The molecule has 0 aromatic heterocycles. The lowest BCUT2D eigenvalue weighted by molar-refractivity contribution is -0.384. The molecule has 1 aromatic carbocycles. The highest BCUT2D eigenvalue weighted by Crippen LogP contribution is 2.62. The molecule has 0 bridgehead atoms. The first-order valence-electron chi connectivity index (χ1n) is 12.4. The molecule has 0 amide bonds. The number of hydrogen-bond acceptors (Lipinski definition) is 6. The largest absolute Gasteiger partial charge is 0.458 e. The number of ether oxygens (including phenoxy) is 2. The summed E-state index contributed by atoms with van der Waals surface area (Å²) in [5.74, 6) is 0.766. The monoisotopic (exact) mass is 467 g/mol. The summed E-state index contributed by atoms with van der Waals surface area (Å²) in [5.41, 5.74) is 1.67. The highest BCUT2D eigenvalue weighted by atomic mass is 16.6. The van der Waals surface area contributed by atoms with Gasteiger partial charge in [0.25, 0.3) is 5.69 Å². The minimum atomic E-state index is -0.482. The molecule has 7 unspecified atom stereocenters. The van der Waals surface area contributed by atoms with Crippen molar-refractivity contribution in [1.29, 1.82) is 0 Å². The van der Waals surface area contributed by atoms with Gasteiger partial charge in [-0.25, -0.2) is 4.79 Å². The van der Waals surface area contributed by atoms with Gasteiger partial charge < -0.3 is 9.47 Å². The summed E-state index contributed by atoms with van der Waals surface area (Å²) in [6, 6.07) is 5.56. The SMILES string of the molecule is CC(=O)C1COC2C3CC=C4CC(OC(=O)c5ccc([N+](=O)[O-])cc5)CCC4(C)C3CCC12C. The summed E-state index contributed by atoms with van der Waals surface area (Å²) in [4.78, 5) is 35.3. The van der Waals surface area contributed by atoms with E-state index in [0.717, 1.165) is 38.5 Å². The topological polar surface area (TPSA) is 95.7 Å². The second-order valence-electron chi connectivity index (χ2n) is 11.2. The van der Waals surface area contributed by atoms with E-state index in [9.17, 15) is 19.7 Å². The van der Waals surface area contributed by atoms with E-state index in [1.165, 1.54) is 29.8 Å². The normalized spacial score (nSPS) is 38.7. The number of Topliss-reactive ketones (excluding diaryl/α,β-unsaturated/α-hetero) is 1. The predicted octanol–water partition coefficient (Wildman–Crippen LogP) is 5.28. The van der Waals surface area contributed by atoms with Gasteiger partial charge in [-0.3, -0.25) is 14.9 Å². The molecule has 2 saturated carbocycles. The van der Waals surface area contributed by atoms with Crippen LogP contribution in [-0.4, -0.2) is 35.5 Å². The molecule has 182 valence electrons. The first-order chi connectivity index (χ1) is 16.1. The number of ketones is 1. The van der Waals surface area contributed by atoms with Crippen LogP contribution in [0.1, 0.15) is 69.7 Å². The van der Waals surface area contributed by atoms with E-state index in [0.29, 0.717) is 24.0 Å². The number of non-ortho nitro benzene ring substituents is 1. The van der Waals surface area contributed by atoms with Crippen LogP contribution in [0.25, 0.3) is 0 Å². The Morgan fingerprint density at radius 2 is 1.88 bits per heavy atom. The molecule has 1 heterocycles. The number of allylic oxidation sites excluding steroid dienone is 1. The van der Waals surface area contributed by atoms with E-state index in [2.05, 4.69) is 19.9 Å². The fourth-order valence-corrected chi connectivity index (χ4v) is 7.52. The number of carbonyl (C=O) groups is 2. The van der Waals surface area contributed by atoms with Crippen LogP contribution in [-0.2, 0) is 14.3 Å². The Labute approximate surface area is 200 Å². The number of nitro benzene ring substituents is 1. The molecule has 7 heteroatoms.